The van der Waals surface area contributed by atoms with Crippen molar-refractivity contribution in [2.75, 3.05) is 19.1 Å². The highest BCUT2D eigenvalue weighted by molar-refractivity contribution is 5.76. The van der Waals surface area contributed by atoms with E-state index < -0.39 is 11.8 Å². The molecule has 1 N–H and O–H groups in total. The number of rotatable bonds is 4. The maximum Gasteiger partial charge on any atom is 0.308 e. The zero-order valence-corrected chi connectivity index (χ0v) is 9.68. The summed E-state index contributed by atoms with van der Waals surface area (Å²) < 4.78 is 18.3. The van der Waals surface area contributed by atoms with E-state index in [1.54, 1.807) is 24.1 Å². The number of halogens is 1. The summed E-state index contributed by atoms with van der Waals surface area (Å²) in [5.74, 6) is -1.39. The van der Waals surface area contributed by atoms with E-state index in [2.05, 4.69) is 0 Å². The molecule has 1 aromatic carbocycles. The predicted octanol–water partition coefficient (Wildman–Crippen LogP) is 1.74. The molecule has 0 radical (unpaired) electrons. The standard InChI is InChI=1S/C12H14FNO3/c1-14(10-6-8(10)12(15)16)7-3-4-11(17-2)9(13)5-7/h3-5,8,10H,6H2,1-2H3,(H,15,16). The number of carboxylic acid groups (broad SMARTS) is 1. The third kappa shape index (κ3) is 2.18. The van der Waals surface area contributed by atoms with E-state index >= 15 is 0 Å². The molecule has 1 saturated carbocycles. The Labute approximate surface area is 98.6 Å². The molecule has 92 valence electrons. The van der Waals surface area contributed by atoms with E-state index in [9.17, 15) is 9.18 Å². The van der Waals surface area contributed by atoms with Crippen molar-refractivity contribution in [3.8, 4) is 5.75 Å². The van der Waals surface area contributed by atoms with Gasteiger partial charge in [0.25, 0.3) is 0 Å². The third-order valence-corrected chi connectivity index (χ3v) is 3.11. The van der Waals surface area contributed by atoms with Crippen molar-refractivity contribution in [1.29, 1.82) is 0 Å². The van der Waals surface area contributed by atoms with Crippen LogP contribution < -0.4 is 9.64 Å². The Balaban J connectivity index is 2.13. The van der Waals surface area contributed by atoms with Crippen LogP contribution in [-0.4, -0.2) is 31.3 Å². The first kappa shape index (κ1) is 11.7. The second-order valence-corrected chi connectivity index (χ2v) is 4.18. The first-order valence-electron chi connectivity index (χ1n) is 5.33. The molecule has 0 spiro atoms. The molecule has 1 aliphatic rings. The second-order valence-electron chi connectivity index (χ2n) is 4.18. The topological polar surface area (TPSA) is 49.8 Å². The fourth-order valence-electron chi connectivity index (χ4n) is 1.94. The van der Waals surface area contributed by atoms with Gasteiger partial charge >= 0.3 is 5.97 Å². The summed E-state index contributed by atoms with van der Waals surface area (Å²) >= 11 is 0. The third-order valence-electron chi connectivity index (χ3n) is 3.11. The summed E-state index contributed by atoms with van der Waals surface area (Å²) in [5.41, 5.74) is 0.664. The molecule has 0 aromatic heterocycles. The van der Waals surface area contributed by atoms with Crippen molar-refractivity contribution in [3.05, 3.63) is 24.0 Å². The Hall–Kier alpha value is -1.78. The zero-order chi connectivity index (χ0) is 12.6. The Morgan fingerprint density at radius 3 is 2.76 bits per heavy atom. The number of aliphatic carboxylic acids is 1. The van der Waals surface area contributed by atoms with Gasteiger partial charge in [-0.05, 0) is 18.6 Å². The molecule has 1 aliphatic carbocycles. The number of hydrogen-bond acceptors (Lipinski definition) is 3. The monoisotopic (exact) mass is 239 g/mol. The highest BCUT2D eigenvalue weighted by Crippen LogP contribution is 2.38. The summed E-state index contributed by atoms with van der Waals surface area (Å²) in [7, 11) is 3.18. The fourth-order valence-corrected chi connectivity index (χ4v) is 1.94. The molecule has 2 atom stereocenters. The zero-order valence-electron chi connectivity index (χ0n) is 9.68. The molecule has 2 unspecified atom stereocenters. The Morgan fingerprint density at radius 2 is 2.29 bits per heavy atom. The smallest absolute Gasteiger partial charge is 0.308 e. The van der Waals surface area contributed by atoms with Crippen LogP contribution in [0, 0.1) is 11.7 Å². The molecule has 0 amide bonds. The molecule has 1 fully saturated rings. The van der Waals surface area contributed by atoms with Crippen LogP contribution in [0.5, 0.6) is 5.75 Å². The summed E-state index contributed by atoms with van der Waals surface area (Å²) in [6, 6.07) is 4.58. The van der Waals surface area contributed by atoms with Crippen LogP contribution in [0.25, 0.3) is 0 Å². The van der Waals surface area contributed by atoms with Gasteiger partial charge < -0.3 is 14.7 Å². The minimum atomic E-state index is -0.796. The van der Waals surface area contributed by atoms with E-state index in [1.807, 2.05) is 0 Å². The molecule has 1 aromatic rings. The van der Waals surface area contributed by atoms with Crippen LogP contribution in [0.15, 0.2) is 18.2 Å². The van der Waals surface area contributed by atoms with E-state index in [4.69, 9.17) is 9.84 Å². The van der Waals surface area contributed by atoms with Crippen molar-refractivity contribution >= 4 is 11.7 Å². The average Bonchev–Trinajstić information content (AvgIpc) is 3.08. The molecule has 5 heteroatoms. The number of methoxy groups -OCH3 is 1. The van der Waals surface area contributed by atoms with Crippen LogP contribution in [0.2, 0.25) is 0 Å². The SMILES string of the molecule is COc1ccc(N(C)C2CC2C(=O)O)cc1F. The molecule has 0 heterocycles. The first-order chi connectivity index (χ1) is 8.04. The highest BCUT2D eigenvalue weighted by Gasteiger charge is 2.46. The Morgan fingerprint density at radius 1 is 1.59 bits per heavy atom. The Bertz CT molecular complexity index is 449. The van der Waals surface area contributed by atoms with Crippen molar-refractivity contribution in [3.63, 3.8) is 0 Å². The van der Waals surface area contributed by atoms with E-state index in [0.717, 1.165) is 0 Å². The van der Waals surface area contributed by atoms with E-state index in [-0.39, 0.29) is 17.7 Å². The minimum Gasteiger partial charge on any atom is -0.494 e. The molecule has 4 nitrogen and oxygen atoms in total. The number of nitrogens with zero attached hydrogens (tertiary/aromatic N) is 1. The molecule has 0 saturated heterocycles. The van der Waals surface area contributed by atoms with Crippen molar-refractivity contribution in [2.24, 2.45) is 5.92 Å². The van der Waals surface area contributed by atoms with Gasteiger partial charge in [0.05, 0.1) is 13.0 Å². The summed E-state index contributed by atoms with van der Waals surface area (Å²) in [4.78, 5) is 12.5. The van der Waals surface area contributed by atoms with Gasteiger partial charge in [-0.2, -0.15) is 0 Å². The van der Waals surface area contributed by atoms with Crippen LogP contribution in [0.3, 0.4) is 0 Å². The number of carboxylic acids is 1. The largest absolute Gasteiger partial charge is 0.494 e. The second kappa shape index (κ2) is 4.24. The van der Waals surface area contributed by atoms with Crippen LogP contribution in [0.4, 0.5) is 10.1 Å². The van der Waals surface area contributed by atoms with Gasteiger partial charge in [-0.3, -0.25) is 4.79 Å². The lowest BCUT2D eigenvalue weighted by Crippen LogP contribution is -2.23. The number of ether oxygens (including phenoxy) is 1. The lowest BCUT2D eigenvalue weighted by atomic mass is 10.2. The van der Waals surface area contributed by atoms with Gasteiger partial charge in [-0.1, -0.05) is 0 Å². The average molecular weight is 239 g/mol. The number of hydrogen-bond donors (Lipinski definition) is 1. The summed E-state index contributed by atoms with van der Waals surface area (Å²) in [6.07, 6.45) is 0.611. The summed E-state index contributed by atoms with van der Waals surface area (Å²) in [5, 5.41) is 8.84. The summed E-state index contributed by atoms with van der Waals surface area (Å²) in [6.45, 7) is 0. The fraction of sp³-hybridized carbons (Fsp3) is 0.417. The molecule has 0 aliphatic heterocycles. The number of benzene rings is 1. The van der Waals surface area contributed by atoms with Crippen molar-refractivity contribution in [2.45, 2.75) is 12.5 Å². The maximum atomic E-state index is 13.5. The highest BCUT2D eigenvalue weighted by atomic mass is 19.1. The van der Waals surface area contributed by atoms with E-state index in [0.29, 0.717) is 12.1 Å². The minimum absolute atomic E-state index is 0.0414. The molecular formula is C12H14FNO3. The molecule has 2 rings (SSSR count). The van der Waals surface area contributed by atoms with Crippen LogP contribution in [0.1, 0.15) is 6.42 Å². The van der Waals surface area contributed by atoms with Gasteiger partial charge in [0.2, 0.25) is 0 Å². The van der Waals surface area contributed by atoms with Gasteiger partial charge in [0.15, 0.2) is 11.6 Å². The molecular weight excluding hydrogens is 225 g/mol. The normalized spacial score (nSPS) is 22.1. The Kier molecular flexibility index (Phi) is 2.92. The van der Waals surface area contributed by atoms with Gasteiger partial charge in [0.1, 0.15) is 0 Å². The van der Waals surface area contributed by atoms with Crippen molar-refractivity contribution < 1.29 is 19.0 Å². The lowest BCUT2D eigenvalue weighted by Gasteiger charge is -2.19. The molecule has 0 bridgehead atoms. The van der Waals surface area contributed by atoms with Gasteiger partial charge in [-0.25, -0.2) is 4.39 Å². The van der Waals surface area contributed by atoms with Gasteiger partial charge in [0, 0.05) is 24.8 Å². The maximum absolute atomic E-state index is 13.5. The number of anilines is 1. The predicted molar refractivity (Wildman–Crippen MR) is 60.9 cm³/mol. The van der Waals surface area contributed by atoms with E-state index in [1.165, 1.54) is 13.2 Å². The first-order valence-corrected chi connectivity index (χ1v) is 5.33. The van der Waals surface area contributed by atoms with Crippen molar-refractivity contribution in [1.82, 2.24) is 0 Å². The molecule has 17 heavy (non-hydrogen) atoms. The van der Waals surface area contributed by atoms with Crippen LogP contribution in [-0.2, 0) is 4.79 Å². The quantitative estimate of drug-likeness (QED) is 0.869. The lowest BCUT2D eigenvalue weighted by molar-refractivity contribution is -0.138. The van der Waals surface area contributed by atoms with Crippen LogP contribution >= 0.6 is 0 Å². The van der Waals surface area contributed by atoms with Gasteiger partial charge in [-0.15, -0.1) is 0 Å². The number of carbonyl (C=O) groups is 1.